The zero-order valence-corrected chi connectivity index (χ0v) is 12.8. The second-order valence-corrected chi connectivity index (χ2v) is 5.56. The summed E-state index contributed by atoms with van der Waals surface area (Å²) in [6, 6.07) is 11.4. The van der Waals surface area contributed by atoms with E-state index >= 15 is 0 Å². The molecule has 0 saturated carbocycles. The second-order valence-electron chi connectivity index (χ2n) is 5.56. The molecule has 2 aromatic rings. The van der Waals surface area contributed by atoms with Gasteiger partial charge in [0.25, 0.3) is 0 Å². The summed E-state index contributed by atoms with van der Waals surface area (Å²) in [5, 5.41) is 9.58. The molecule has 0 bridgehead atoms. The van der Waals surface area contributed by atoms with E-state index in [9.17, 15) is 5.11 Å². The van der Waals surface area contributed by atoms with Crippen LogP contribution in [0.25, 0.3) is 0 Å². The summed E-state index contributed by atoms with van der Waals surface area (Å²) in [6.07, 6.45) is 0.0749. The van der Waals surface area contributed by atoms with Crippen LogP contribution in [0.15, 0.2) is 36.4 Å². The molecule has 1 N–H and O–H groups in total. The molecule has 0 radical (unpaired) electrons. The molecular formula is C17H20N2O3. The molecule has 0 aliphatic carbocycles. The van der Waals surface area contributed by atoms with Crippen LogP contribution in [0.5, 0.6) is 17.4 Å². The fourth-order valence-electron chi connectivity index (χ4n) is 2.70. The Kier molecular flexibility index (Phi) is 4.15. The Balaban J connectivity index is 1.78. The smallest absolute Gasteiger partial charge is 0.211 e. The van der Waals surface area contributed by atoms with Gasteiger partial charge in [-0.2, -0.15) is 0 Å². The molecule has 1 aromatic carbocycles. The molecule has 116 valence electrons. The molecule has 0 saturated heterocycles. The van der Waals surface area contributed by atoms with Crippen LogP contribution in [0.1, 0.15) is 18.2 Å². The van der Waals surface area contributed by atoms with Gasteiger partial charge in [-0.1, -0.05) is 12.1 Å². The first-order valence-corrected chi connectivity index (χ1v) is 7.35. The number of hydrogen-bond acceptors (Lipinski definition) is 5. The summed E-state index contributed by atoms with van der Waals surface area (Å²) in [5.74, 6) is 1.64. The monoisotopic (exact) mass is 300 g/mol. The number of benzene rings is 1. The van der Waals surface area contributed by atoms with Crippen molar-refractivity contribution in [2.45, 2.75) is 26.1 Å². The second kappa shape index (κ2) is 6.23. The SMILES string of the molecule is COc1ccc(CN2Cc3nc(O)ccc3O[C@H](C)C2)cc1. The predicted molar refractivity (Wildman–Crippen MR) is 83.1 cm³/mol. The highest BCUT2D eigenvalue weighted by Gasteiger charge is 2.21. The van der Waals surface area contributed by atoms with Gasteiger partial charge in [-0.05, 0) is 30.7 Å². The van der Waals surface area contributed by atoms with Gasteiger partial charge in [0.15, 0.2) is 0 Å². The van der Waals surface area contributed by atoms with Gasteiger partial charge in [0.1, 0.15) is 23.3 Å². The van der Waals surface area contributed by atoms with Crippen LogP contribution in [0.3, 0.4) is 0 Å². The maximum atomic E-state index is 9.58. The molecule has 1 aliphatic rings. The van der Waals surface area contributed by atoms with E-state index in [0.717, 1.165) is 30.3 Å². The minimum absolute atomic E-state index is 0.0290. The van der Waals surface area contributed by atoms with Gasteiger partial charge < -0.3 is 14.6 Å². The van der Waals surface area contributed by atoms with E-state index in [0.29, 0.717) is 6.54 Å². The van der Waals surface area contributed by atoms with Crippen LogP contribution in [0, 0.1) is 0 Å². The van der Waals surface area contributed by atoms with E-state index < -0.39 is 0 Å². The van der Waals surface area contributed by atoms with E-state index in [1.807, 2.05) is 19.1 Å². The van der Waals surface area contributed by atoms with Gasteiger partial charge in [-0.3, -0.25) is 4.90 Å². The molecule has 3 rings (SSSR count). The van der Waals surface area contributed by atoms with E-state index in [4.69, 9.17) is 9.47 Å². The minimum atomic E-state index is 0.0290. The third-order valence-electron chi connectivity index (χ3n) is 3.70. The van der Waals surface area contributed by atoms with Gasteiger partial charge in [-0.25, -0.2) is 4.98 Å². The van der Waals surface area contributed by atoms with Crippen molar-refractivity contribution in [2.75, 3.05) is 13.7 Å². The van der Waals surface area contributed by atoms with Crippen LogP contribution in [-0.4, -0.2) is 34.7 Å². The third-order valence-corrected chi connectivity index (χ3v) is 3.70. The Morgan fingerprint density at radius 1 is 1.27 bits per heavy atom. The van der Waals surface area contributed by atoms with E-state index in [-0.39, 0.29) is 12.0 Å². The lowest BCUT2D eigenvalue weighted by Crippen LogP contribution is -2.30. The van der Waals surface area contributed by atoms with Crippen LogP contribution >= 0.6 is 0 Å². The van der Waals surface area contributed by atoms with Crippen molar-refractivity contribution in [3.8, 4) is 17.4 Å². The molecule has 1 aliphatic heterocycles. The number of rotatable bonds is 3. The lowest BCUT2D eigenvalue weighted by molar-refractivity contribution is 0.156. The Hall–Kier alpha value is -2.27. The van der Waals surface area contributed by atoms with Crippen molar-refractivity contribution in [1.29, 1.82) is 0 Å². The molecule has 5 heteroatoms. The molecule has 0 fully saturated rings. The van der Waals surface area contributed by atoms with Gasteiger partial charge in [-0.15, -0.1) is 0 Å². The number of aromatic hydroxyl groups is 1. The van der Waals surface area contributed by atoms with Crippen molar-refractivity contribution in [1.82, 2.24) is 9.88 Å². The first-order chi connectivity index (χ1) is 10.6. The van der Waals surface area contributed by atoms with E-state index in [1.54, 1.807) is 19.2 Å². The fraction of sp³-hybridized carbons (Fsp3) is 0.353. The predicted octanol–water partition coefficient (Wildman–Crippen LogP) is 2.58. The van der Waals surface area contributed by atoms with Crippen molar-refractivity contribution < 1.29 is 14.6 Å². The van der Waals surface area contributed by atoms with Gasteiger partial charge in [0, 0.05) is 25.7 Å². The Morgan fingerprint density at radius 2 is 2.05 bits per heavy atom. The van der Waals surface area contributed by atoms with Crippen molar-refractivity contribution in [3.63, 3.8) is 0 Å². The molecule has 22 heavy (non-hydrogen) atoms. The number of nitrogens with zero attached hydrogens (tertiary/aromatic N) is 2. The fourth-order valence-corrected chi connectivity index (χ4v) is 2.70. The number of fused-ring (bicyclic) bond motifs is 1. The van der Waals surface area contributed by atoms with Crippen LogP contribution in [-0.2, 0) is 13.1 Å². The lowest BCUT2D eigenvalue weighted by atomic mass is 10.2. The maximum Gasteiger partial charge on any atom is 0.211 e. The van der Waals surface area contributed by atoms with Crippen LogP contribution in [0.4, 0.5) is 0 Å². The van der Waals surface area contributed by atoms with E-state index in [2.05, 4.69) is 22.0 Å². The van der Waals surface area contributed by atoms with Crippen molar-refractivity contribution >= 4 is 0 Å². The average molecular weight is 300 g/mol. The normalized spacial score (nSPS) is 18.2. The van der Waals surface area contributed by atoms with Crippen LogP contribution in [0.2, 0.25) is 0 Å². The molecule has 0 amide bonds. The average Bonchev–Trinajstić information content (AvgIpc) is 2.65. The summed E-state index contributed by atoms with van der Waals surface area (Å²) in [4.78, 5) is 6.46. The number of hydrogen-bond donors (Lipinski definition) is 1. The molecule has 1 atom stereocenters. The molecule has 0 unspecified atom stereocenters. The molecule has 2 heterocycles. The summed E-state index contributed by atoms with van der Waals surface area (Å²) in [7, 11) is 1.66. The highest BCUT2D eigenvalue weighted by atomic mass is 16.5. The number of ether oxygens (including phenoxy) is 2. The van der Waals surface area contributed by atoms with Crippen molar-refractivity contribution in [2.24, 2.45) is 0 Å². The minimum Gasteiger partial charge on any atom is -0.497 e. The highest BCUT2D eigenvalue weighted by Crippen LogP contribution is 2.26. The molecule has 5 nitrogen and oxygen atoms in total. The number of aromatic nitrogens is 1. The molecular weight excluding hydrogens is 280 g/mol. The maximum absolute atomic E-state index is 9.58. The summed E-state index contributed by atoms with van der Waals surface area (Å²) in [5.41, 5.74) is 1.98. The first-order valence-electron chi connectivity index (χ1n) is 7.35. The van der Waals surface area contributed by atoms with Gasteiger partial charge in [0.2, 0.25) is 5.88 Å². The molecule has 1 aromatic heterocycles. The largest absolute Gasteiger partial charge is 0.497 e. The van der Waals surface area contributed by atoms with Crippen LogP contribution < -0.4 is 9.47 Å². The standard InChI is InChI=1S/C17H20N2O3/c1-12-9-19(10-13-3-5-14(21-2)6-4-13)11-15-16(22-12)7-8-17(20)18-15/h3-8,12H,9-11H2,1-2H3,(H,18,20)/t12-/m1/s1. The number of pyridine rings is 1. The Morgan fingerprint density at radius 3 is 2.77 bits per heavy atom. The zero-order chi connectivity index (χ0) is 15.5. The summed E-state index contributed by atoms with van der Waals surface area (Å²) < 4.78 is 11.1. The Labute approximate surface area is 130 Å². The third kappa shape index (κ3) is 3.31. The van der Waals surface area contributed by atoms with Gasteiger partial charge in [0.05, 0.1) is 7.11 Å². The van der Waals surface area contributed by atoms with E-state index in [1.165, 1.54) is 5.56 Å². The quantitative estimate of drug-likeness (QED) is 0.944. The van der Waals surface area contributed by atoms with Gasteiger partial charge >= 0.3 is 0 Å². The summed E-state index contributed by atoms with van der Waals surface area (Å²) >= 11 is 0. The zero-order valence-electron chi connectivity index (χ0n) is 12.8. The highest BCUT2D eigenvalue weighted by molar-refractivity contribution is 5.32. The Bertz CT molecular complexity index is 643. The first kappa shape index (κ1) is 14.7. The van der Waals surface area contributed by atoms with Crippen molar-refractivity contribution in [3.05, 3.63) is 47.7 Å². The summed E-state index contributed by atoms with van der Waals surface area (Å²) in [6.45, 7) is 4.31. The number of methoxy groups -OCH3 is 1. The lowest BCUT2D eigenvalue weighted by Gasteiger charge is -2.21. The molecule has 0 spiro atoms. The topological polar surface area (TPSA) is 54.8 Å².